The molecule has 0 aromatic carbocycles. The van der Waals surface area contributed by atoms with Crippen LogP contribution in [0.4, 0.5) is 0 Å². The Labute approximate surface area is 152 Å². The Balaban J connectivity index is 1.56. The number of hydrogen-bond acceptors (Lipinski definition) is 6. The van der Waals surface area contributed by atoms with Gasteiger partial charge in [-0.1, -0.05) is 6.07 Å². The van der Waals surface area contributed by atoms with E-state index in [2.05, 4.69) is 42.7 Å². The van der Waals surface area contributed by atoms with Crippen molar-refractivity contribution in [1.82, 2.24) is 24.4 Å². The van der Waals surface area contributed by atoms with E-state index in [1.807, 2.05) is 12.1 Å². The lowest BCUT2D eigenvalue weighted by atomic mass is 10.2. The number of hydrogen-bond donors (Lipinski definition) is 0. The summed E-state index contributed by atoms with van der Waals surface area (Å²) in [5, 5.41) is 0. The fourth-order valence-corrected chi connectivity index (χ4v) is 3.29. The second-order valence-electron chi connectivity index (χ2n) is 6.26. The average Bonchev–Trinajstić information content (AvgIpc) is 3.02. The number of methoxy groups -OCH3 is 1. The first-order chi connectivity index (χ1) is 12.8. The van der Waals surface area contributed by atoms with Crippen LogP contribution in [0.25, 0.3) is 0 Å². The van der Waals surface area contributed by atoms with E-state index in [0.717, 1.165) is 31.7 Å². The van der Waals surface area contributed by atoms with Crippen LogP contribution in [-0.2, 0) is 19.6 Å². The maximum absolute atomic E-state index is 6.05. The Kier molecular flexibility index (Phi) is 4.79. The zero-order valence-corrected chi connectivity index (χ0v) is 14.7. The molecule has 4 rings (SSSR count). The first-order valence-corrected chi connectivity index (χ1v) is 8.60. The van der Waals surface area contributed by atoms with Crippen LogP contribution in [0.3, 0.4) is 0 Å². The van der Waals surface area contributed by atoms with Gasteiger partial charge in [0.2, 0.25) is 5.88 Å². The van der Waals surface area contributed by atoms with Crippen molar-refractivity contribution in [3.63, 3.8) is 0 Å². The zero-order chi connectivity index (χ0) is 17.8. The van der Waals surface area contributed by atoms with Gasteiger partial charge >= 0.3 is 6.01 Å². The van der Waals surface area contributed by atoms with Crippen LogP contribution in [0.2, 0.25) is 0 Å². The van der Waals surface area contributed by atoms with Crippen molar-refractivity contribution in [2.75, 3.05) is 13.7 Å². The van der Waals surface area contributed by atoms with Crippen molar-refractivity contribution in [3.8, 4) is 11.9 Å². The Hall–Kier alpha value is -2.93. The lowest BCUT2D eigenvalue weighted by Gasteiger charge is -2.24. The minimum atomic E-state index is -0.0475. The minimum Gasteiger partial charge on any atom is -0.481 e. The quantitative estimate of drug-likeness (QED) is 0.702. The molecule has 0 saturated carbocycles. The van der Waals surface area contributed by atoms with Gasteiger partial charge in [0.1, 0.15) is 6.10 Å². The highest BCUT2D eigenvalue weighted by atomic mass is 16.5. The van der Waals surface area contributed by atoms with Crippen molar-refractivity contribution in [1.29, 1.82) is 0 Å². The molecule has 7 nitrogen and oxygen atoms in total. The van der Waals surface area contributed by atoms with E-state index in [9.17, 15) is 0 Å². The predicted octanol–water partition coefficient (Wildman–Crippen LogP) is 2.15. The van der Waals surface area contributed by atoms with Gasteiger partial charge in [-0.15, -0.1) is 0 Å². The molecular weight excluding hydrogens is 330 g/mol. The summed E-state index contributed by atoms with van der Waals surface area (Å²) in [5.41, 5.74) is 2.32. The molecular formula is C19H21N5O2. The average molecular weight is 351 g/mol. The molecule has 0 bridgehead atoms. The summed E-state index contributed by atoms with van der Waals surface area (Å²) >= 11 is 0. The van der Waals surface area contributed by atoms with Gasteiger partial charge in [0, 0.05) is 55.7 Å². The van der Waals surface area contributed by atoms with Gasteiger partial charge in [-0.2, -0.15) is 0 Å². The Morgan fingerprint density at radius 3 is 2.73 bits per heavy atom. The van der Waals surface area contributed by atoms with Crippen LogP contribution >= 0.6 is 0 Å². The van der Waals surface area contributed by atoms with Crippen molar-refractivity contribution < 1.29 is 9.47 Å². The molecule has 134 valence electrons. The third kappa shape index (κ3) is 3.67. The number of rotatable bonds is 5. The van der Waals surface area contributed by atoms with E-state index in [1.54, 1.807) is 31.8 Å². The summed E-state index contributed by atoms with van der Waals surface area (Å²) < 4.78 is 13.7. The van der Waals surface area contributed by atoms with Gasteiger partial charge in [-0.05, 0) is 24.3 Å². The number of fused-ring (bicyclic) bond motifs is 1. The maximum Gasteiger partial charge on any atom is 0.316 e. The van der Waals surface area contributed by atoms with Gasteiger partial charge in [0.15, 0.2) is 0 Å². The summed E-state index contributed by atoms with van der Waals surface area (Å²) in [5.74, 6) is 0.663. The van der Waals surface area contributed by atoms with Gasteiger partial charge in [0.25, 0.3) is 0 Å². The lowest BCUT2D eigenvalue weighted by molar-refractivity contribution is 0.114. The van der Waals surface area contributed by atoms with Gasteiger partial charge in [-0.3, -0.25) is 4.90 Å². The first-order valence-electron chi connectivity index (χ1n) is 8.60. The molecule has 0 fully saturated rings. The molecule has 7 heteroatoms. The van der Waals surface area contributed by atoms with E-state index < -0.39 is 0 Å². The summed E-state index contributed by atoms with van der Waals surface area (Å²) in [6.07, 6.45) is 7.17. The minimum absolute atomic E-state index is 0.0475. The lowest BCUT2D eigenvalue weighted by Crippen LogP contribution is -2.35. The Bertz CT molecular complexity index is 852. The Morgan fingerprint density at radius 2 is 1.88 bits per heavy atom. The predicted molar refractivity (Wildman–Crippen MR) is 95.8 cm³/mol. The van der Waals surface area contributed by atoms with Gasteiger partial charge in [-0.25, -0.2) is 15.0 Å². The molecule has 26 heavy (non-hydrogen) atoms. The van der Waals surface area contributed by atoms with Crippen molar-refractivity contribution in [3.05, 3.63) is 66.4 Å². The largest absolute Gasteiger partial charge is 0.481 e. The first kappa shape index (κ1) is 16.5. The van der Waals surface area contributed by atoms with Crippen LogP contribution in [0, 0.1) is 0 Å². The zero-order valence-electron chi connectivity index (χ0n) is 14.7. The van der Waals surface area contributed by atoms with Crippen LogP contribution in [0.5, 0.6) is 11.9 Å². The third-order valence-electron chi connectivity index (χ3n) is 4.42. The second-order valence-corrected chi connectivity index (χ2v) is 6.26. The van der Waals surface area contributed by atoms with E-state index in [4.69, 9.17) is 9.47 Å². The van der Waals surface area contributed by atoms with Crippen LogP contribution in [0.1, 0.15) is 11.3 Å². The normalized spacial score (nSPS) is 17.3. The summed E-state index contributed by atoms with van der Waals surface area (Å²) in [6, 6.07) is 10.4. The topological polar surface area (TPSA) is 65.3 Å². The molecule has 1 atom stereocenters. The summed E-state index contributed by atoms with van der Waals surface area (Å²) in [4.78, 5) is 15.0. The van der Waals surface area contributed by atoms with E-state index in [1.165, 1.54) is 5.69 Å². The molecule has 0 saturated heterocycles. The molecule has 1 unspecified atom stereocenters. The molecule has 0 radical (unpaired) electrons. The van der Waals surface area contributed by atoms with Crippen LogP contribution < -0.4 is 9.47 Å². The van der Waals surface area contributed by atoms with Gasteiger partial charge in [0.05, 0.1) is 13.7 Å². The Morgan fingerprint density at radius 1 is 1.04 bits per heavy atom. The summed E-state index contributed by atoms with van der Waals surface area (Å²) in [7, 11) is 1.65. The van der Waals surface area contributed by atoms with Crippen LogP contribution in [0.15, 0.2) is 55.1 Å². The third-order valence-corrected chi connectivity index (χ3v) is 4.42. The highest BCUT2D eigenvalue weighted by molar-refractivity contribution is 5.25. The highest BCUT2D eigenvalue weighted by Gasteiger charge is 2.24. The van der Waals surface area contributed by atoms with Crippen molar-refractivity contribution >= 4 is 0 Å². The highest BCUT2D eigenvalue weighted by Crippen LogP contribution is 2.21. The molecule has 1 aliphatic heterocycles. The van der Waals surface area contributed by atoms with Gasteiger partial charge < -0.3 is 14.0 Å². The molecule has 0 amide bonds. The SMILES string of the molecule is COc1ncccc1CN1Cc2cccn2CC(Oc2ncccn2)C1. The molecule has 0 aliphatic carbocycles. The van der Waals surface area contributed by atoms with Crippen molar-refractivity contribution in [2.24, 2.45) is 0 Å². The number of pyridine rings is 1. The fraction of sp³-hybridized carbons (Fsp3) is 0.316. The smallest absolute Gasteiger partial charge is 0.316 e. The maximum atomic E-state index is 6.05. The summed E-state index contributed by atoms with van der Waals surface area (Å²) in [6.45, 7) is 3.09. The second kappa shape index (κ2) is 7.53. The van der Waals surface area contributed by atoms with E-state index in [0.29, 0.717) is 11.9 Å². The van der Waals surface area contributed by atoms with Crippen LogP contribution in [-0.4, -0.2) is 44.2 Å². The van der Waals surface area contributed by atoms with E-state index >= 15 is 0 Å². The molecule has 1 aliphatic rings. The molecule has 4 heterocycles. The standard InChI is InChI=1S/C19H21N5O2/c1-25-18-15(5-2-7-20-18)11-23-12-16-6-3-10-24(16)14-17(13-23)26-19-21-8-4-9-22-19/h2-10,17H,11-14H2,1H3. The van der Waals surface area contributed by atoms with E-state index in [-0.39, 0.29) is 6.10 Å². The molecule has 0 N–H and O–H groups in total. The monoisotopic (exact) mass is 351 g/mol. The fourth-order valence-electron chi connectivity index (χ4n) is 3.29. The number of ether oxygens (including phenoxy) is 2. The number of nitrogens with zero attached hydrogens (tertiary/aromatic N) is 5. The number of aromatic nitrogens is 4. The van der Waals surface area contributed by atoms with Crippen molar-refractivity contribution in [2.45, 2.75) is 25.7 Å². The molecule has 3 aromatic rings. The molecule has 0 spiro atoms. The molecule has 3 aromatic heterocycles.